The normalized spacial score (nSPS) is 19.0. The number of hydrogen-bond acceptors (Lipinski definition) is 2. The Balaban J connectivity index is 1.89. The number of halogens is 5. The van der Waals surface area contributed by atoms with Crippen LogP contribution in [0.15, 0.2) is 23.2 Å². The van der Waals surface area contributed by atoms with Gasteiger partial charge in [-0.1, -0.05) is 6.07 Å². The molecular formula is C17H23F5N4. The Morgan fingerprint density at radius 1 is 1.27 bits per heavy atom. The number of nitrogens with one attached hydrogen (secondary N) is 2. The van der Waals surface area contributed by atoms with Crippen LogP contribution in [-0.2, 0) is 6.42 Å². The molecule has 4 nitrogen and oxygen atoms in total. The van der Waals surface area contributed by atoms with E-state index < -0.39 is 24.4 Å². The monoisotopic (exact) mass is 378 g/mol. The predicted octanol–water partition coefficient (Wildman–Crippen LogP) is 2.70. The molecule has 0 spiro atoms. The zero-order valence-corrected chi connectivity index (χ0v) is 14.5. The SMILES string of the molecule is CCNC(=NCCc1c(F)cccc1F)NC1CCN(CC(F)(F)F)C1. The molecule has 1 atom stereocenters. The van der Waals surface area contributed by atoms with Crippen LogP contribution in [0, 0.1) is 11.6 Å². The fourth-order valence-corrected chi connectivity index (χ4v) is 2.91. The van der Waals surface area contributed by atoms with Crippen molar-refractivity contribution in [3.8, 4) is 0 Å². The third-order valence-electron chi connectivity index (χ3n) is 4.05. The Morgan fingerprint density at radius 2 is 1.96 bits per heavy atom. The molecule has 1 aliphatic heterocycles. The molecule has 1 aliphatic rings. The van der Waals surface area contributed by atoms with Gasteiger partial charge in [0.05, 0.1) is 6.54 Å². The minimum absolute atomic E-state index is 0.0238. The highest BCUT2D eigenvalue weighted by atomic mass is 19.4. The van der Waals surface area contributed by atoms with E-state index in [9.17, 15) is 22.0 Å². The zero-order valence-electron chi connectivity index (χ0n) is 14.5. The quantitative estimate of drug-likeness (QED) is 0.454. The summed E-state index contributed by atoms with van der Waals surface area (Å²) >= 11 is 0. The first-order chi connectivity index (χ1) is 12.3. The van der Waals surface area contributed by atoms with Gasteiger partial charge in [0.2, 0.25) is 0 Å². The van der Waals surface area contributed by atoms with Crippen molar-refractivity contribution in [2.45, 2.75) is 32.0 Å². The Bertz CT molecular complexity index is 597. The molecule has 0 saturated carbocycles. The van der Waals surface area contributed by atoms with E-state index in [0.717, 1.165) is 0 Å². The van der Waals surface area contributed by atoms with Gasteiger partial charge in [0.15, 0.2) is 5.96 Å². The number of hydrogen-bond donors (Lipinski definition) is 2. The van der Waals surface area contributed by atoms with E-state index in [1.54, 1.807) is 0 Å². The van der Waals surface area contributed by atoms with Gasteiger partial charge in [0.25, 0.3) is 0 Å². The largest absolute Gasteiger partial charge is 0.401 e. The second-order valence-electron chi connectivity index (χ2n) is 6.19. The smallest absolute Gasteiger partial charge is 0.357 e. The molecule has 1 fully saturated rings. The maximum Gasteiger partial charge on any atom is 0.401 e. The summed E-state index contributed by atoms with van der Waals surface area (Å²) in [6.45, 7) is 2.29. The summed E-state index contributed by atoms with van der Waals surface area (Å²) in [6, 6.07) is 3.54. The lowest BCUT2D eigenvalue weighted by Gasteiger charge is -2.19. The zero-order chi connectivity index (χ0) is 19.2. The molecule has 1 aromatic rings. The van der Waals surface area contributed by atoms with Crippen molar-refractivity contribution in [3.05, 3.63) is 35.4 Å². The number of nitrogens with zero attached hydrogens (tertiary/aromatic N) is 2. The van der Waals surface area contributed by atoms with E-state index in [-0.39, 0.29) is 31.1 Å². The van der Waals surface area contributed by atoms with E-state index in [1.165, 1.54) is 23.1 Å². The number of benzene rings is 1. The minimum Gasteiger partial charge on any atom is -0.357 e. The van der Waals surface area contributed by atoms with Crippen LogP contribution in [0.3, 0.4) is 0 Å². The Labute approximate surface area is 149 Å². The van der Waals surface area contributed by atoms with Gasteiger partial charge in [0, 0.05) is 37.8 Å². The second kappa shape index (κ2) is 9.16. The van der Waals surface area contributed by atoms with Crippen molar-refractivity contribution in [1.82, 2.24) is 15.5 Å². The molecule has 146 valence electrons. The van der Waals surface area contributed by atoms with Crippen molar-refractivity contribution >= 4 is 5.96 Å². The summed E-state index contributed by atoms with van der Waals surface area (Å²) in [7, 11) is 0. The summed E-state index contributed by atoms with van der Waals surface area (Å²) in [6.07, 6.45) is -3.54. The van der Waals surface area contributed by atoms with Crippen LogP contribution in [0.2, 0.25) is 0 Å². The third-order valence-corrected chi connectivity index (χ3v) is 4.05. The second-order valence-corrected chi connectivity index (χ2v) is 6.19. The molecular weight excluding hydrogens is 355 g/mol. The summed E-state index contributed by atoms with van der Waals surface area (Å²) < 4.78 is 64.6. The van der Waals surface area contributed by atoms with Crippen LogP contribution in [0.5, 0.6) is 0 Å². The fourth-order valence-electron chi connectivity index (χ4n) is 2.91. The summed E-state index contributed by atoms with van der Waals surface area (Å²) in [5.41, 5.74) is -0.0238. The van der Waals surface area contributed by atoms with Gasteiger partial charge in [-0.2, -0.15) is 13.2 Å². The Hall–Kier alpha value is -1.90. The van der Waals surface area contributed by atoms with Gasteiger partial charge in [-0.15, -0.1) is 0 Å². The first kappa shape index (κ1) is 20.4. The van der Waals surface area contributed by atoms with Crippen LogP contribution < -0.4 is 10.6 Å². The van der Waals surface area contributed by atoms with Crippen LogP contribution in [0.25, 0.3) is 0 Å². The van der Waals surface area contributed by atoms with Crippen molar-refractivity contribution in [1.29, 1.82) is 0 Å². The van der Waals surface area contributed by atoms with Crippen molar-refractivity contribution in [2.75, 3.05) is 32.7 Å². The molecule has 1 aromatic carbocycles. The summed E-state index contributed by atoms with van der Waals surface area (Å²) in [5, 5.41) is 6.09. The van der Waals surface area contributed by atoms with Crippen LogP contribution in [-0.4, -0.2) is 55.8 Å². The molecule has 1 heterocycles. The molecule has 0 bridgehead atoms. The van der Waals surface area contributed by atoms with Crippen LogP contribution >= 0.6 is 0 Å². The van der Waals surface area contributed by atoms with Crippen molar-refractivity contribution in [2.24, 2.45) is 4.99 Å². The molecule has 1 saturated heterocycles. The molecule has 0 radical (unpaired) electrons. The van der Waals surface area contributed by atoms with Gasteiger partial charge in [0.1, 0.15) is 11.6 Å². The van der Waals surface area contributed by atoms with E-state index >= 15 is 0 Å². The molecule has 9 heteroatoms. The minimum atomic E-state index is -4.21. The molecule has 0 aliphatic carbocycles. The number of guanidine groups is 1. The van der Waals surface area contributed by atoms with E-state index in [4.69, 9.17) is 0 Å². The highest BCUT2D eigenvalue weighted by molar-refractivity contribution is 5.80. The number of aliphatic imine (C=N–C) groups is 1. The summed E-state index contributed by atoms with van der Waals surface area (Å²) in [5.74, 6) is -0.795. The van der Waals surface area contributed by atoms with Crippen molar-refractivity contribution in [3.63, 3.8) is 0 Å². The first-order valence-electron chi connectivity index (χ1n) is 8.55. The Morgan fingerprint density at radius 3 is 2.58 bits per heavy atom. The number of likely N-dealkylation sites (tertiary alicyclic amines) is 1. The topological polar surface area (TPSA) is 39.7 Å². The molecule has 0 aromatic heterocycles. The molecule has 0 amide bonds. The van der Waals surface area contributed by atoms with Gasteiger partial charge in [-0.3, -0.25) is 9.89 Å². The summed E-state index contributed by atoms with van der Waals surface area (Å²) in [4.78, 5) is 5.62. The molecule has 26 heavy (non-hydrogen) atoms. The van der Waals surface area contributed by atoms with Gasteiger partial charge in [-0.05, 0) is 31.9 Å². The fraction of sp³-hybridized carbons (Fsp3) is 0.588. The molecule has 1 unspecified atom stereocenters. The average molecular weight is 378 g/mol. The lowest BCUT2D eigenvalue weighted by molar-refractivity contribution is -0.143. The maximum absolute atomic E-state index is 13.6. The highest BCUT2D eigenvalue weighted by Crippen LogP contribution is 2.20. The first-order valence-corrected chi connectivity index (χ1v) is 8.55. The van der Waals surface area contributed by atoms with Crippen LogP contribution in [0.4, 0.5) is 22.0 Å². The maximum atomic E-state index is 13.6. The molecule has 2 rings (SSSR count). The number of rotatable bonds is 6. The third kappa shape index (κ3) is 6.44. The van der Waals surface area contributed by atoms with Gasteiger partial charge in [-0.25, -0.2) is 8.78 Å². The standard InChI is InChI=1S/C17H23F5N4/c1-2-23-16(24-8-6-13-14(18)4-3-5-15(13)19)25-12-7-9-26(10-12)11-17(20,21)22/h3-5,12H,2,6-11H2,1H3,(H2,23,24,25). The van der Waals surface area contributed by atoms with Crippen LogP contribution in [0.1, 0.15) is 18.9 Å². The van der Waals surface area contributed by atoms with E-state index in [1.807, 2.05) is 6.92 Å². The highest BCUT2D eigenvalue weighted by Gasteiger charge is 2.34. The van der Waals surface area contributed by atoms with E-state index in [2.05, 4.69) is 15.6 Å². The average Bonchev–Trinajstić information content (AvgIpc) is 2.95. The van der Waals surface area contributed by atoms with E-state index in [0.29, 0.717) is 25.5 Å². The lowest BCUT2D eigenvalue weighted by Crippen LogP contribution is -2.45. The van der Waals surface area contributed by atoms with Gasteiger partial charge >= 0.3 is 6.18 Å². The predicted molar refractivity (Wildman–Crippen MR) is 90.1 cm³/mol. The lowest BCUT2D eigenvalue weighted by atomic mass is 10.1. The van der Waals surface area contributed by atoms with Gasteiger partial charge < -0.3 is 10.6 Å². The number of alkyl halides is 3. The molecule has 2 N–H and O–H groups in total. The van der Waals surface area contributed by atoms with Crippen molar-refractivity contribution < 1.29 is 22.0 Å². The Kier molecular flexibility index (Phi) is 7.19.